The fraction of sp³-hybridized carbons (Fsp3) is 0.304. The van der Waals surface area contributed by atoms with Gasteiger partial charge in [-0.25, -0.2) is 4.98 Å². The summed E-state index contributed by atoms with van der Waals surface area (Å²) in [5.41, 5.74) is 3.04. The van der Waals surface area contributed by atoms with Crippen molar-refractivity contribution in [1.29, 1.82) is 0 Å². The predicted octanol–water partition coefficient (Wildman–Crippen LogP) is 4.81. The van der Waals surface area contributed by atoms with Crippen molar-refractivity contribution < 1.29 is 19.2 Å². The zero-order valence-corrected chi connectivity index (χ0v) is 18.9. The number of hydrogen-bond acceptors (Lipinski definition) is 7. The maximum Gasteiger partial charge on any atom is 0.286 e. The topological polar surface area (TPSA) is 104 Å². The maximum absolute atomic E-state index is 12.9. The highest BCUT2D eigenvalue weighted by Crippen LogP contribution is 2.35. The third-order valence-corrected chi connectivity index (χ3v) is 5.73. The molecule has 1 amide bonds. The summed E-state index contributed by atoms with van der Waals surface area (Å²) in [4.78, 5) is 28.2. The molecular weight excluding hydrogens is 430 g/mol. The molecule has 0 radical (unpaired) electrons. The predicted molar refractivity (Wildman–Crippen MR) is 122 cm³/mol. The normalized spacial score (nSPS) is 11.8. The monoisotopic (exact) mass is 455 g/mol. The van der Waals surface area contributed by atoms with E-state index >= 15 is 0 Å². The van der Waals surface area contributed by atoms with Crippen LogP contribution in [0.3, 0.4) is 0 Å². The van der Waals surface area contributed by atoms with Crippen LogP contribution in [-0.2, 0) is 6.61 Å². The van der Waals surface area contributed by atoms with Gasteiger partial charge in [0.1, 0.15) is 12.2 Å². The Kier molecular flexibility index (Phi) is 7.77. The number of hydrogen-bond donors (Lipinski definition) is 1. The maximum atomic E-state index is 12.9. The van der Waals surface area contributed by atoms with E-state index < -0.39 is 10.8 Å². The minimum absolute atomic E-state index is 0.0711. The third kappa shape index (κ3) is 5.61. The number of methoxy groups -OCH3 is 1. The first-order valence-corrected chi connectivity index (χ1v) is 11.0. The lowest BCUT2D eigenvalue weighted by Crippen LogP contribution is -2.30. The lowest BCUT2D eigenvalue weighted by molar-refractivity contribution is -0.385. The molecule has 0 fully saturated rings. The highest BCUT2D eigenvalue weighted by molar-refractivity contribution is 7.07. The summed E-state index contributed by atoms with van der Waals surface area (Å²) in [7, 11) is 1.42. The molecule has 0 aliphatic rings. The van der Waals surface area contributed by atoms with Crippen LogP contribution >= 0.6 is 11.3 Å². The second-order valence-corrected chi connectivity index (χ2v) is 8.24. The molecule has 168 valence electrons. The number of rotatable bonds is 10. The van der Waals surface area contributed by atoms with E-state index in [1.807, 2.05) is 35.7 Å². The lowest BCUT2D eigenvalue weighted by Gasteiger charge is -2.22. The Morgan fingerprint density at radius 3 is 2.56 bits per heavy atom. The minimum Gasteiger partial charge on any atom is -0.493 e. The lowest BCUT2D eigenvalue weighted by atomic mass is 9.88. The number of nitro benzene ring substituents is 1. The van der Waals surface area contributed by atoms with Crippen molar-refractivity contribution in [1.82, 2.24) is 10.3 Å². The van der Waals surface area contributed by atoms with E-state index in [2.05, 4.69) is 24.1 Å². The van der Waals surface area contributed by atoms with E-state index in [4.69, 9.17) is 9.47 Å². The minimum atomic E-state index is -0.596. The van der Waals surface area contributed by atoms with Gasteiger partial charge in [-0.2, -0.15) is 0 Å². The number of benzene rings is 2. The zero-order valence-electron chi connectivity index (χ0n) is 18.1. The van der Waals surface area contributed by atoms with Crippen LogP contribution in [0.4, 0.5) is 5.69 Å². The number of nitro groups is 1. The highest BCUT2D eigenvalue weighted by Gasteiger charge is 2.26. The van der Waals surface area contributed by atoms with Crippen LogP contribution in [0.1, 0.15) is 41.4 Å². The molecule has 8 nitrogen and oxygen atoms in total. The standard InChI is InChI=1S/C23H25N3O5S/c1-15(2)19(16-7-5-4-6-8-16)11-24-23(27)18-9-21(30-3)22(10-20(18)26(28)29)31-12-17-13-32-14-25-17/h4-10,13-15,19H,11-12H2,1-3H3,(H,24,27). The van der Waals surface area contributed by atoms with Gasteiger partial charge in [0.05, 0.1) is 29.3 Å². The second kappa shape index (κ2) is 10.7. The summed E-state index contributed by atoms with van der Waals surface area (Å²) < 4.78 is 11.0. The van der Waals surface area contributed by atoms with E-state index in [1.165, 1.54) is 30.6 Å². The van der Waals surface area contributed by atoms with Crippen molar-refractivity contribution in [3.63, 3.8) is 0 Å². The molecule has 0 saturated heterocycles. The van der Waals surface area contributed by atoms with Gasteiger partial charge in [0.2, 0.25) is 0 Å². The molecule has 1 aromatic heterocycles. The molecule has 3 rings (SSSR count). The third-order valence-electron chi connectivity index (χ3n) is 5.10. The van der Waals surface area contributed by atoms with E-state index in [1.54, 1.807) is 5.51 Å². The number of nitrogens with zero attached hydrogens (tertiary/aromatic N) is 2. The smallest absolute Gasteiger partial charge is 0.286 e. The van der Waals surface area contributed by atoms with Crippen LogP contribution in [-0.4, -0.2) is 29.5 Å². The summed E-state index contributed by atoms with van der Waals surface area (Å²) in [5, 5.41) is 16.4. The number of carbonyl (C=O) groups excluding carboxylic acids is 1. The Morgan fingerprint density at radius 2 is 1.97 bits per heavy atom. The Labute approximate surface area is 190 Å². The van der Waals surface area contributed by atoms with Crippen LogP contribution < -0.4 is 14.8 Å². The number of nitrogens with one attached hydrogen (secondary N) is 1. The summed E-state index contributed by atoms with van der Waals surface area (Å²) in [6.07, 6.45) is 0. The second-order valence-electron chi connectivity index (χ2n) is 7.52. The van der Waals surface area contributed by atoms with Gasteiger partial charge < -0.3 is 14.8 Å². The quantitative estimate of drug-likeness (QED) is 0.348. The van der Waals surface area contributed by atoms with Crippen LogP contribution in [0.2, 0.25) is 0 Å². The Balaban J connectivity index is 1.82. The molecule has 0 bridgehead atoms. The van der Waals surface area contributed by atoms with Gasteiger partial charge in [0, 0.05) is 23.9 Å². The first kappa shape index (κ1) is 23.2. The summed E-state index contributed by atoms with van der Waals surface area (Å²) >= 11 is 1.42. The fourth-order valence-corrected chi connectivity index (χ4v) is 3.89. The molecule has 0 saturated carbocycles. The fourth-order valence-electron chi connectivity index (χ4n) is 3.35. The van der Waals surface area contributed by atoms with E-state index in [-0.39, 0.29) is 41.2 Å². The first-order chi connectivity index (χ1) is 15.4. The van der Waals surface area contributed by atoms with Gasteiger partial charge in [0.25, 0.3) is 11.6 Å². The molecule has 32 heavy (non-hydrogen) atoms. The Morgan fingerprint density at radius 1 is 1.22 bits per heavy atom. The zero-order chi connectivity index (χ0) is 23.1. The first-order valence-electron chi connectivity index (χ1n) is 10.1. The molecule has 1 atom stereocenters. The van der Waals surface area contributed by atoms with Crippen LogP contribution in [0.25, 0.3) is 0 Å². The average molecular weight is 456 g/mol. The van der Waals surface area contributed by atoms with Gasteiger partial charge in [0.15, 0.2) is 11.5 Å². The van der Waals surface area contributed by atoms with E-state index in [0.717, 1.165) is 5.56 Å². The van der Waals surface area contributed by atoms with Crippen molar-refractivity contribution >= 4 is 22.9 Å². The Hall–Kier alpha value is -3.46. The molecule has 3 aromatic rings. The molecule has 1 N–H and O–H groups in total. The molecule has 1 unspecified atom stereocenters. The van der Waals surface area contributed by atoms with Crippen molar-refractivity contribution in [3.05, 3.63) is 80.3 Å². The van der Waals surface area contributed by atoms with Gasteiger partial charge >= 0.3 is 0 Å². The Bertz CT molecular complexity index is 1060. The van der Waals surface area contributed by atoms with Crippen molar-refractivity contribution in [2.75, 3.05) is 13.7 Å². The van der Waals surface area contributed by atoms with Crippen LogP contribution in [0.5, 0.6) is 11.5 Å². The summed E-state index contributed by atoms with van der Waals surface area (Å²) in [6, 6.07) is 12.4. The van der Waals surface area contributed by atoms with Gasteiger partial charge in [-0.3, -0.25) is 14.9 Å². The highest BCUT2D eigenvalue weighted by atomic mass is 32.1. The molecule has 0 aliphatic carbocycles. The van der Waals surface area contributed by atoms with Crippen molar-refractivity contribution in [2.45, 2.75) is 26.4 Å². The molecule has 1 heterocycles. The van der Waals surface area contributed by atoms with Crippen LogP contribution in [0, 0.1) is 16.0 Å². The molecular formula is C23H25N3O5S. The summed E-state index contributed by atoms with van der Waals surface area (Å²) in [5.74, 6) is 0.209. The number of aromatic nitrogens is 1. The molecule has 2 aromatic carbocycles. The molecule has 9 heteroatoms. The van der Waals surface area contributed by atoms with E-state index in [0.29, 0.717) is 12.2 Å². The molecule has 0 spiro atoms. The number of ether oxygens (including phenoxy) is 2. The van der Waals surface area contributed by atoms with Gasteiger partial charge in [-0.05, 0) is 11.5 Å². The van der Waals surface area contributed by atoms with Gasteiger partial charge in [-0.15, -0.1) is 11.3 Å². The molecule has 0 aliphatic heterocycles. The van der Waals surface area contributed by atoms with Gasteiger partial charge in [-0.1, -0.05) is 44.2 Å². The van der Waals surface area contributed by atoms with Crippen molar-refractivity contribution in [3.8, 4) is 11.5 Å². The number of thiazole rings is 1. The average Bonchev–Trinajstić information content (AvgIpc) is 3.31. The largest absolute Gasteiger partial charge is 0.493 e. The van der Waals surface area contributed by atoms with Crippen molar-refractivity contribution in [2.24, 2.45) is 5.92 Å². The number of amides is 1. The van der Waals surface area contributed by atoms with E-state index in [9.17, 15) is 14.9 Å². The summed E-state index contributed by atoms with van der Waals surface area (Å²) in [6.45, 7) is 4.63. The van der Waals surface area contributed by atoms with Crippen LogP contribution in [0.15, 0.2) is 53.4 Å². The SMILES string of the molecule is COc1cc(C(=O)NCC(c2ccccc2)C(C)C)c([N+](=O)[O-])cc1OCc1cscn1. The number of carbonyl (C=O) groups is 1.